The third-order valence-corrected chi connectivity index (χ3v) is 3.46. The average Bonchev–Trinajstić information content (AvgIpc) is 3.06. The van der Waals surface area contributed by atoms with E-state index < -0.39 is 0 Å². The van der Waals surface area contributed by atoms with Gasteiger partial charge in [0.05, 0.1) is 24.7 Å². The van der Waals surface area contributed by atoms with Crippen LogP contribution in [0.15, 0.2) is 61.3 Å². The lowest BCUT2D eigenvalue weighted by Crippen LogP contribution is -2.08. The van der Waals surface area contributed by atoms with Gasteiger partial charge in [-0.2, -0.15) is 0 Å². The minimum atomic E-state index is -0.372. The zero-order chi connectivity index (χ0) is 17.8. The molecule has 0 aliphatic heterocycles. The highest BCUT2D eigenvalue weighted by molar-refractivity contribution is 5.98. The van der Waals surface area contributed by atoms with E-state index in [9.17, 15) is 9.18 Å². The van der Waals surface area contributed by atoms with Gasteiger partial charge in [0.15, 0.2) is 5.82 Å². The lowest BCUT2D eigenvalue weighted by molar-refractivity contribution is -0.111. The topological polar surface area (TPSA) is 69.0 Å². The maximum atomic E-state index is 13.2. The van der Waals surface area contributed by atoms with E-state index in [0.717, 1.165) is 11.6 Å². The summed E-state index contributed by atoms with van der Waals surface area (Å²) in [5.41, 5.74) is 2.08. The summed E-state index contributed by atoms with van der Waals surface area (Å²) >= 11 is 0. The number of rotatable bonds is 5. The molecule has 2 heterocycles. The Hall–Kier alpha value is -3.48. The van der Waals surface area contributed by atoms with Crippen LogP contribution in [0, 0.1) is 5.82 Å². The molecule has 7 heteroatoms. The molecule has 0 saturated carbocycles. The Balaban J connectivity index is 2.08. The first-order valence-electron chi connectivity index (χ1n) is 7.40. The van der Waals surface area contributed by atoms with Crippen molar-refractivity contribution in [1.82, 2.24) is 14.8 Å². The third-order valence-electron chi connectivity index (χ3n) is 3.46. The van der Waals surface area contributed by atoms with Gasteiger partial charge in [-0.15, -0.1) is 5.10 Å². The van der Waals surface area contributed by atoms with Crippen LogP contribution in [0.2, 0.25) is 0 Å². The van der Waals surface area contributed by atoms with Gasteiger partial charge < -0.3 is 10.1 Å². The number of hydrogen-bond donors (Lipinski definition) is 1. The molecule has 0 radical (unpaired) electrons. The number of nitrogens with zero attached hydrogens (tertiary/aromatic N) is 3. The predicted molar refractivity (Wildman–Crippen MR) is 92.1 cm³/mol. The first kappa shape index (κ1) is 16.4. The van der Waals surface area contributed by atoms with Crippen molar-refractivity contribution >= 4 is 11.7 Å². The van der Waals surface area contributed by atoms with Gasteiger partial charge in [-0.1, -0.05) is 6.58 Å². The summed E-state index contributed by atoms with van der Waals surface area (Å²) in [6.45, 7) is 3.42. The summed E-state index contributed by atoms with van der Waals surface area (Å²) in [4.78, 5) is 15.7. The molecule has 1 amide bonds. The number of methoxy groups -OCH3 is 1. The number of ether oxygens (including phenoxy) is 1. The van der Waals surface area contributed by atoms with E-state index in [2.05, 4.69) is 22.0 Å². The van der Waals surface area contributed by atoms with Gasteiger partial charge >= 0.3 is 0 Å². The minimum absolute atomic E-state index is 0.332. The molecule has 2 aromatic heterocycles. The van der Waals surface area contributed by atoms with Crippen molar-refractivity contribution in [2.75, 3.05) is 12.4 Å². The summed E-state index contributed by atoms with van der Waals surface area (Å²) in [6.07, 6.45) is 2.75. The molecular formula is C18H15FN4O2. The zero-order valence-electron chi connectivity index (χ0n) is 13.4. The van der Waals surface area contributed by atoms with E-state index in [0.29, 0.717) is 23.1 Å². The number of halogens is 1. The fourth-order valence-electron chi connectivity index (χ4n) is 2.26. The molecule has 3 aromatic rings. The molecule has 3 rings (SSSR count). The lowest BCUT2D eigenvalue weighted by Gasteiger charge is -2.07. The van der Waals surface area contributed by atoms with Gasteiger partial charge in [-0.3, -0.25) is 4.79 Å². The number of carbonyl (C=O) groups is 1. The average molecular weight is 338 g/mol. The third kappa shape index (κ3) is 3.55. The molecule has 6 nitrogen and oxygen atoms in total. The Morgan fingerprint density at radius 1 is 1.28 bits per heavy atom. The van der Waals surface area contributed by atoms with E-state index in [1.54, 1.807) is 41.2 Å². The van der Waals surface area contributed by atoms with Gasteiger partial charge in [0, 0.05) is 17.7 Å². The quantitative estimate of drug-likeness (QED) is 0.725. The molecule has 1 N–H and O–H groups in total. The zero-order valence-corrected chi connectivity index (χ0v) is 13.4. The van der Waals surface area contributed by atoms with Gasteiger partial charge in [0.25, 0.3) is 0 Å². The SMILES string of the molecule is C=CC(=O)Nc1cc(-c2ccc(F)cc2)n(-c2ccc(OC)nc2)n1. The first-order chi connectivity index (χ1) is 12.1. The molecule has 1 aromatic carbocycles. The second-order valence-corrected chi connectivity index (χ2v) is 5.09. The molecule has 0 aliphatic carbocycles. The summed E-state index contributed by atoms with van der Waals surface area (Å²) in [7, 11) is 1.53. The molecular weight excluding hydrogens is 323 g/mol. The Labute approximate surface area is 143 Å². The summed E-state index contributed by atoms with van der Waals surface area (Å²) in [5, 5.41) is 7.00. The number of pyridine rings is 1. The van der Waals surface area contributed by atoms with Crippen molar-refractivity contribution in [3.8, 4) is 22.8 Å². The maximum absolute atomic E-state index is 13.2. The van der Waals surface area contributed by atoms with Gasteiger partial charge in [-0.05, 0) is 36.4 Å². The van der Waals surface area contributed by atoms with Crippen LogP contribution in [-0.2, 0) is 4.79 Å². The molecule has 25 heavy (non-hydrogen) atoms. The molecule has 0 aliphatic rings. The van der Waals surface area contributed by atoms with Crippen LogP contribution in [0.3, 0.4) is 0 Å². The van der Waals surface area contributed by atoms with Crippen molar-refractivity contribution in [3.63, 3.8) is 0 Å². The largest absolute Gasteiger partial charge is 0.481 e. The van der Waals surface area contributed by atoms with E-state index in [4.69, 9.17) is 4.74 Å². The predicted octanol–water partition coefficient (Wildman–Crippen LogP) is 3.21. The molecule has 0 spiro atoms. The summed E-state index contributed by atoms with van der Waals surface area (Å²) in [5.74, 6) is 0.115. The van der Waals surface area contributed by atoms with E-state index in [-0.39, 0.29) is 11.7 Å². The molecule has 0 unspecified atom stereocenters. The Bertz CT molecular complexity index is 902. The maximum Gasteiger partial charge on any atom is 0.248 e. The number of hydrogen-bond acceptors (Lipinski definition) is 4. The van der Waals surface area contributed by atoms with Crippen molar-refractivity contribution < 1.29 is 13.9 Å². The monoisotopic (exact) mass is 338 g/mol. The number of carbonyl (C=O) groups excluding carboxylic acids is 1. The number of aromatic nitrogens is 3. The number of nitrogens with one attached hydrogen (secondary N) is 1. The minimum Gasteiger partial charge on any atom is -0.481 e. The number of anilines is 1. The molecule has 0 bridgehead atoms. The van der Waals surface area contributed by atoms with E-state index in [1.807, 2.05) is 0 Å². The highest BCUT2D eigenvalue weighted by Gasteiger charge is 2.13. The number of benzene rings is 1. The Morgan fingerprint density at radius 2 is 2.04 bits per heavy atom. The van der Waals surface area contributed by atoms with Crippen LogP contribution in [0.4, 0.5) is 10.2 Å². The van der Waals surface area contributed by atoms with Crippen LogP contribution in [-0.4, -0.2) is 27.8 Å². The van der Waals surface area contributed by atoms with Crippen molar-refractivity contribution in [1.29, 1.82) is 0 Å². The molecule has 0 saturated heterocycles. The second kappa shape index (κ2) is 6.96. The molecule has 0 atom stereocenters. The van der Waals surface area contributed by atoms with E-state index >= 15 is 0 Å². The van der Waals surface area contributed by atoms with Crippen LogP contribution in [0.5, 0.6) is 5.88 Å². The Kier molecular flexibility index (Phi) is 4.56. The van der Waals surface area contributed by atoms with Crippen molar-refractivity contribution in [2.45, 2.75) is 0 Å². The van der Waals surface area contributed by atoms with Crippen LogP contribution < -0.4 is 10.1 Å². The van der Waals surface area contributed by atoms with Crippen LogP contribution >= 0.6 is 0 Å². The van der Waals surface area contributed by atoms with Gasteiger partial charge in [0.2, 0.25) is 11.8 Å². The first-order valence-corrected chi connectivity index (χ1v) is 7.40. The standard InChI is InChI=1S/C18H15FN4O2/c1-3-17(24)21-16-10-15(12-4-6-13(19)7-5-12)23(22-16)14-8-9-18(25-2)20-11-14/h3-11H,1H2,2H3,(H,21,22,24). The van der Waals surface area contributed by atoms with Gasteiger partial charge in [-0.25, -0.2) is 14.1 Å². The van der Waals surface area contributed by atoms with Crippen molar-refractivity contribution in [3.05, 3.63) is 67.1 Å². The highest BCUT2D eigenvalue weighted by Crippen LogP contribution is 2.26. The number of amides is 1. The smallest absolute Gasteiger partial charge is 0.248 e. The fourth-order valence-corrected chi connectivity index (χ4v) is 2.26. The highest BCUT2D eigenvalue weighted by atomic mass is 19.1. The second-order valence-electron chi connectivity index (χ2n) is 5.09. The lowest BCUT2D eigenvalue weighted by atomic mass is 10.1. The normalized spacial score (nSPS) is 10.3. The fraction of sp³-hybridized carbons (Fsp3) is 0.0556. The van der Waals surface area contributed by atoms with Crippen molar-refractivity contribution in [2.24, 2.45) is 0 Å². The summed E-state index contributed by atoms with van der Waals surface area (Å²) < 4.78 is 19.9. The molecule has 126 valence electrons. The van der Waals surface area contributed by atoms with Crippen LogP contribution in [0.25, 0.3) is 16.9 Å². The van der Waals surface area contributed by atoms with E-state index in [1.165, 1.54) is 19.2 Å². The molecule has 0 fully saturated rings. The van der Waals surface area contributed by atoms with Gasteiger partial charge in [0.1, 0.15) is 5.82 Å². The summed E-state index contributed by atoms with van der Waals surface area (Å²) in [6, 6.07) is 11.2. The van der Waals surface area contributed by atoms with Crippen LogP contribution in [0.1, 0.15) is 0 Å². The Morgan fingerprint density at radius 3 is 2.64 bits per heavy atom.